The average Bonchev–Trinajstić information content (AvgIpc) is 3.53. The van der Waals surface area contributed by atoms with E-state index in [2.05, 4.69) is 21.3 Å². The lowest BCUT2D eigenvalue weighted by Crippen LogP contribution is -2.59. The Labute approximate surface area is 308 Å². The van der Waals surface area contributed by atoms with Crippen molar-refractivity contribution in [2.45, 2.75) is 143 Å². The Bertz CT molecular complexity index is 1350. The molecule has 0 aliphatic carbocycles. The number of benzene rings is 1. The summed E-state index contributed by atoms with van der Waals surface area (Å²) in [7, 11) is 0. The number of ether oxygens (including phenoxy) is 3. The molecule has 0 bridgehead atoms. The molecule has 0 radical (unpaired) electrons. The summed E-state index contributed by atoms with van der Waals surface area (Å²) in [6.45, 7) is 18.2. The molecule has 4 N–H and O–H groups in total. The summed E-state index contributed by atoms with van der Waals surface area (Å²) in [5.41, 5.74) is -0.612. The van der Waals surface area contributed by atoms with E-state index in [-0.39, 0.29) is 31.4 Å². The summed E-state index contributed by atoms with van der Waals surface area (Å²) in [5.74, 6) is -2.97. The van der Waals surface area contributed by atoms with Crippen LogP contribution in [0.4, 0.5) is 9.59 Å². The summed E-state index contributed by atoms with van der Waals surface area (Å²) in [6, 6.07) is 5.30. The molecule has 5 amide bonds. The second kappa shape index (κ2) is 20.0. The van der Waals surface area contributed by atoms with Crippen molar-refractivity contribution in [3.63, 3.8) is 0 Å². The van der Waals surface area contributed by atoms with Crippen LogP contribution in [0.25, 0.3) is 0 Å². The third-order valence-corrected chi connectivity index (χ3v) is 8.09. The molecule has 1 fully saturated rings. The minimum atomic E-state index is -1.08. The Morgan fingerprint density at radius 1 is 0.788 bits per heavy atom. The van der Waals surface area contributed by atoms with Crippen LogP contribution in [0.2, 0.25) is 0 Å². The van der Waals surface area contributed by atoms with Gasteiger partial charge in [-0.2, -0.15) is 0 Å². The third kappa shape index (κ3) is 15.5. The lowest BCUT2D eigenvalue weighted by atomic mass is 10.00. The number of rotatable bonds is 16. The van der Waals surface area contributed by atoms with E-state index >= 15 is 0 Å². The summed E-state index contributed by atoms with van der Waals surface area (Å²) in [4.78, 5) is 80.5. The largest absolute Gasteiger partial charge is 0.458 e. The van der Waals surface area contributed by atoms with E-state index in [9.17, 15) is 28.8 Å². The molecule has 4 atom stereocenters. The van der Waals surface area contributed by atoms with Gasteiger partial charge in [0, 0.05) is 13.1 Å². The highest BCUT2D eigenvalue weighted by Gasteiger charge is 2.38. The maximum atomic E-state index is 13.8. The molecule has 1 aliphatic heterocycles. The Kier molecular flexibility index (Phi) is 16.9. The quantitative estimate of drug-likeness (QED) is 0.107. The zero-order valence-corrected chi connectivity index (χ0v) is 32.6. The molecule has 14 nitrogen and oxygen atoms in total. The third-order valence-electron chi connectivity index (χ3n) is 8.09. The number of nitrogens with one attached hydrogen (secondary N) is 4. The van der Waals surface area contributed by atoms with E-state index in [1.54, 1.807) is 69.2 Å². The zero-order valence-electron chi connectivity index (χ0n) is 32.6. The first-order valence-electron chi connectivity index (χ1n) is 18.3. The van der Waals surface area contributed by atoms with Crippen LogP contribution in [0.5, 0.6) is 0 Å². The SMILES string of the molecule is CC(C)[C@H](NC(=O)[C@@H]1CCCN1C(=O)OCc1ccccc1)C(=O)N[C@@H](CCCCNC(=O)OC(C)(C)C)C(=O)N[C@H](C(=O)OC(C)(C)C)C(C)C. The summed E-state index contributed by atoms with van der Waals surface area (Å²) >= 11 is 0. The van der Waals surface area contributed by atoms with Crippen LogP contribution in [0, 0.1) is 11.8 Å². The van der Waals surface area contributed by atoms with Crippen molar-refractivity contribution in [1.29, 1.82) is 0 Å². The molecule has 14 heteroatoms. The number of hydrogen-bond donors (Lipinski definition) is 4. The van der Waals surface area contributed by atoms with Gasteiger partial charge in [0.15, 0.2) is 0 Å². The van der Waals surface area contributed by atoms with Crippen LogP contribution in [-0.4, -0.2) is 89.2 Å². The number of amides is 5. The molecular formula is C38H61N5O9. The molecule has 52 heavy (non-hydrogen) atoms. The average molecular weight is 732 g/mol. The van der Waals surface area contributed by atoms with Gasteiger partial charge >= 0.3 is 18.2 Å². The Morgan fingerprint density at radius 3 is 1.98 bits per heavy atom. The second-order valence-corrected chi connectivity index (χ2v) is 15.9. The Balaban J connectivity index is 2.16. The molecule has 0 saturated carbocycles. The van der Waals surface area contributed by atoms with Crippen molar-refractivity contribution in [3.8, 4) is 0 Å². The van der Waals surface area contributed by atoms with Crippen molar-refractivity contribution in [1.82, 2.24) is 26.2 Å². The van der Waals surface area contributed by atoms with Crippen molar-refractivity contribution >= 4 is 35.9 Å². The molecule has 1 aliphatic rings. The standard InChI is InChI=1S/C38H61N5O9/c1-24(2)29(41-32(45)28-20-16-22-43(28)36(49)50-23-26-17-12-11-13-18-26)33(46)40-27(19-14-15-21-39-35(48)52-38(8,9)10)31(44)42-30(25(3)4)34(47)51-37(5,6)7/h11-13,17-18,24-25,27-30H,14-16,19-23H2,1-10H3,(H,39,48)(H,40,46)(H,41,45)(H,42,44)/t27-,28-,29-,30-/m0/s1. The van der Waals surface area contributed by atoms with E-state index in [4.69, 9.17) is 14.2 Å². The van der Waals surface area contributed by atoms with Crippen LogP contribution in [0.3, 0.4) is 0 Å². The van der Waals surface area contributed by atoms with E-state index < -0.39 is 71.2 Å². The molecule has 0 unspecified atom stereocenters. The van der Waals surface area contributed by atoms with Crippen molar-refractivity contribution in [2.75, 3.05) is 13.1 Å². The van der Waals surface area contributed by atoms with Gasteiger partial charge in [-0.25, -0.2) is 14.4 Å². The first-order chi connectivity index (χ1) is 24.2. The molecule has 2 rings (SSSR count). The van der Waals surface area contributed by atoms with Crippen molar-refractivity contribution < 1.29 is 43.0 Å². The van der Waals surface area contributed by atoms with Gasteiger partial charge in [-0.3, -0.25) is 19.3 Å². The number of carbonyl (C=O) groups excluding carboxylic acids is 6. The smallest absolute Gasteiger partial charge is 0.410 e. The fraction of sp³-hybridized carbons (Fsp3) is 0.684. The summed E-state index contributed by atoms with van der Waals surface area (Å²) < 4.78 is 16.3. The number of hydrogen-bond acceptors (Lipinski definition) is 9. The molecule has 1 aromatic rings. The fourth-order valence-corrected chi connectivity index (χ4v) is 5.47. The summed E-state index contributed by atoms with van der Waals surface area (Å²) in [5, 5.41) is 11.0. The number of nitrogens with zero attached hydrogens (tertiary/aromatic N) is 1. The monoisotopic (exact) mass is 731 g/mol. The zero-order chi connectivity index (χ0) is 39.2. The van der Waals surface area contributed by atoms with Gasteiger partial charge in [-0.15, -0.1) is 0 Å². The topological polar surface area (TPSA) is 181 Å². The molecule has 1 aromatic carbocycles. The highest BCUT2D eigenvalue weighted by atomic mass is 16.6. The van der Waals surface area contributed by atoms with Gasteiger partial charge < -0.3 is 35.5 Å². The molecule has 0 spiro atoms. The predicted octanol–water partition coefficient (Wildman–Crippen LogP) is 4.59. The number of carbonyl (C=O) groups is 6. The first kappa shape index (κ1) is 43.8. The number of likely N-dealkylation sites (tertiary alicyclic amines) is 1. The van der Waals surface area contributed by atoms with Crippen LogP contribution < -0.4 is 21.3 Å². The molecule has 0 aromatic heterocycles. The molecule has 1 saturated heterocycles. The van der Waals surface area contributed by atoms with E-state index in [0.29, 0.717) is 32.2 Å². The van der Waals surface area contributed by atoms with Gasteiger partial charge in [-0.05, 0) is 91.0 Å². The second-order valence-electron chi connectivity index (χ2n) is 15.9. The van der Waals surface area contributed by atoms with Gasteiger partial charge in [0.2, 0.25) is 17.7 Å². The highest BCUT2D eigenvalue weighted by Crippen LogP contribution is 2.20. The summed E-state index contributed by atoms with van der Waals surface area (Å²) in [6.07, 6.45) is 0.894. The fourth-order valence-electron chi connectivity index (χ4n) is 5.47. The van der Waals surface area contributed by atoms with Crippen molar-refractivity contribution in [3.05, 3.63) is 35.9 Å². The molecule has 292 valence electrons. The van der Waals surface area contributed by atoms with E-state index in [1.807, 2.05) is 30.3 Å². The van der Waals surface area contributed by atoms with E-state index in [0.717, 1.165) is 5.56 Å². The van der Waals surface area contributed by atoms with Gasteiger partial charge in [0.25, 0.3) is 0 Å². The van der Waals surface area contributed by atoms with Crippen LogP contribution in [0.1, 0.15) is 107 Å². The maximum absolute atomic E-state index is 13.8. The van der Waals surface area contributed by atoms with Crippen LogP contribution >= 0.6 is 0 Å². The minimum absolute atomic E-state index is 0.0631. The maximum Gasteiger partial charge on any atom is 0.410 e. The Hall–Kier alpha value is -4.36. The lowest BCUT2D eigenvalue weighted by Gasteiger charge is -2.30. The molecule has 1 heterocycles. The predicted molar refractivity (Wildman–Crippen MR) is 196 cm³/mol. The number of esters is 1. The van der Waals surface area contributed by atoms with Gasteiger partial charge in [0.05, 0.1) is 0 Å². The normalized spacial score (nSPS) is 16.4. The minimum Gasteiger partial charge on any atom is -0.458 e. The van der Waals surface area contributed by atoms with Crippen LogP contribution in [-0.2, 0) is 40.0 Å². The lowest BCUT2D eigenvalue weighted by molar-refractivity contribution is -0.160. The number of alkyl carbamates (subject to hydrolysis) is 1. The first-order valence-corrected chi connectivity index (χ1v) is 18.3. The van der Waals surface area contributed by atoms with E-state index in [1.165, 1.54) is 4.90 Å². The van der Waals surface area contributed by atoms with Crippen molar-refractivity contribution in [2.24, 2.45) is 11.8 Å². The molecular weight excluding hydrogens is 670 g/mol. The number of unbranched alkanes of at least 4 members (excludes halogenated alkanes) is 1. The van der Waals surface area contributed by atoms with Gasteiger partial charge in [-0.1, -0.05) is 58.0 Å². The van der Waals surface area contributed by atoms with Crippen LogP contribution in [0.15, 0.2) is 30.3 Å². The highest BCUT2D eigenvalue weighted by molar-refractivity contribution is 5.95. The Morgan fingerprint density at radius 2 is 1.40 bits per heavy atom. The van der Waals surface area contributed by atoms with Gasteiger partial charge in [0.1, 0.15) is 42.0 Å².